The zero-order valence-corrected chi connectivity index (χ0v) is 62.1. The van der Waals surface area contributed by atoms with E-state index in [1.807, 2.05) is 70.2 Å². The molecular weight excluding hydrogens is 1410 g/mol. The third kappa shape index (κ3) is 26.7. The molecule has 5 aromatic carbocycles. The van der Waals surface area contributed by atoms with Gasteiger partial charge in [0.2, 0.25) is 77.8 Å². The number of carbonyl (C=O) groups excluding carboxylic acids is 13. The Hall–Kier alpha value is -11.2. The van der Waals surface area contributed by atoms with Crippen LogP contribution in [0.5, 0.6) is 0 Å². The van der Waals surface area contributed by atoms with Gasteiger partial charge in [-0.2, -0.15) is 0 Å². The van der Waals surface area contributed by atoms with Crippen molar-refractivity contribution in [1.82, 2.24) is 63.1 Å². The van der Waals surface area contributed by atoms with E-state index in [9.17, 15) is 57.8 Å². The molecule has 0 unspecified atom stereocenters. The number of nitrogens with two attached hydrogens (primary N) is 1. The van der Waals surface area contributed by atoms with Crippen molar-refractivity contribution in [3.8, 4) is 0 Å². The number of carbonyl (C=O) groups is 13. The van der Waals surface area contributed by atoms with Crippen LogP contribution in [0.25, 0.3) is 10.8 Å². The second-order valence-electron chi connectivity index (χ2n) is 27.5. The summed E-state index contributed by atoms with van der Waals surface area (Å²) in [7, 11) is 0. The number of aliphatic hydroxyl groups excluding tert-OH is 1. The van der Waals surface area contributed by atoms with Crippen LogP contribution in [0, 0.1) is 5.92 Å². The number of hydrogen-bond donors (Lipinski definition) is 14. The quantitative estimate of drug-likeness (QED) is 0.0193. The number of nitrogens with one attached hydrogen (secondary N) is 12. The molecule has 0 aliphatic carbocycles. The molecular formula is C78H98ClN15O14. The number of primary amides is 1. The Balaban J connectivity index is 1.17. The van der Waals surface area contributed by atoms with Gasteiger partial charge in [-0.15, -0.1) is 0 Å². The molecule has 15 N–H and O–H groups in total. The fraction of sp³-hybridized carbons (Fsp3) is 0.410. The Bertz CT molecular complexity index is 4080. The average Bonchev–Trinajstić information content (AvgIpc) is 1.42. The zero-order valence-electron chi connectivity index (χ0n) is 61.4. The number of aromatic nitrogens is 1. The van der Waals surface area contributed by atoms with Crippen molar-refractivity contribution in [1.29, 1.82) is 0 Å². The van der Waals surface area contributed by atoms with Crippen LogP contribution in [0.3, 0.4) is 0 Å². The Morgan fingerprint density at radius 1 is 0.528 bits per heavy atom. The lowest BCUT2D eigenvalue weighted by Crippen LogP contribution is -2.62. The van der Waals surface area contributed by atoms with E-state index in [2.05, 4.69) is 68.8 Å². The lowest BCUT2D eigenvalue weighted by molar-refractivity contribution is -0.142. The van der Waals surface area contributed by atoms with Crippen molar-refractivity contribution in [3.05, 3.63) is 173 Å². The molecule has 0 bridgehead atoms. The third-order valence-corrected chi connectivity index (χ3v) is 18.4. The van der Waals surface area contributed by atoms with Crippen molar-refractivity contribution in [2.24, 2.45) is 11.7 Å². The molecule has 108 heavy (non-hydrogen) atoms. The van der Waals surface area contributed by atoms with E-state index in [0.29, 0.717) is 82.8 Å². The molecule has 13 amide bonds. The number of hydrogen-bond acceptors (Lipinski definition) is 16. The average molecular weight is 1510 g/mol. The fourth-order valence-electron chi connectivity index (χ4n) is 12.4. The van der Waals surface area contributed by atoms with E-state index in [0.717, 1.165) is 10.8 Å². The Morgan fingerprint density at radius 3 is 1.46 bits per heavy atom. The molecule has 10 atom stereocenters. The van der Waals surface area contributed by atoms with E-state index >= 15 is 9.59 Å². The first kappa shape index (κ1) is 84.1. The van der Waals surface area contributed by atoms with E-state index in [4.69, 9.17) is 17.3 Å². The van der Waals surface area contributed by atoms with Gasteiger partial charge in [0, 0.05) is 80.4 Å². The van der Waals surface area contributed by atoms with E-state index in [1.165, 1.54) is 43.3 Å². The maximum atomic E-state index is 15.2. The van der Waals surface area contributed by atoms with Crippen molar-refractivity contribution >= 4 is 112 Å². The zero-order chi connectivity index (χ0) is 78.4. The van der Waals surface area contributed by atoms with Gasteiger partial charge in [0.1, 0.15) is 60.4 Å². The van der Waals surface area contributed by atoms with Crippen molar-refractivity contribution in [2.75, 3.05) is 30.3 Å². The summed E-state index contributed by atoms with van der Waals surface area (Å²) in [5.41, 5.74) is 8.75. The molecule has 1 fully saturated rings. The van der Waals surface area contributed by atoms with Gasteiger partial charge in [0.05, 0.1) is 6.61 Å². The molecule has 30 heteroatoms. The van der Waals surface area contributed by atoms with Crippen molar-refractivity contribution in [2.45, 2.75) is 179 Å². The number of rotatable bonds is 42. The molecule has 1 aliphatic rings. The number of amides is 13. The van der Waals surface area contributed by atoms with Crippen LogP contribution in [-0.2, 0) is 94.4 Å². The Kier molecular flexibility index (Phi) is 32.9. The van der Waals surface area contributed by atoms with Crippen molar-refractivity contribution < 1.29 is 67.4 Å². The van der Waals surface area contributed by atoms with Gasteiger partial charge in [-0.1, -0.05) is 124 Å². The molecule has 2 heterocycles. The molecule has 0 radical (unpaired) electrons. The number of unbranched alkanes of at least 4 members (excludes halogenated alkanes) is 1. The molecule has 1 saturated heterocycles. The third-order valence-electron chi connectivity index (χ3n) is 18.1. The molecule has 0 saturated carbocycles. The predicted molar refractivity (Wildman–Crippen MR) is 407 cm³/mol. The largest absolute Gasteiger partial charge is 0.394 e. The summed E-state index contributed by atoms with van der Waals surface area (Å²) >= 11 is 6.25. The number of anilines is 2. The molecule has 6 aromatic rings. The summed E-state index contributed by atoms with van der Waals surface area (Å²) in [6.45, 7) is 9.97. The maximum Gasteiger partial charge on any atom is 0.245 e. The molecule has 0 spiro atoms. The van der Waals surface area contributed by atoms with Crippen LogP contribution in [0.15, 0.2) is 140 Å². The summed E-state index contributed by atoms with van der Waals surface area (Å²) in [5, 5.41) is 46.1. The van der Waals surface area contributed by atoms with Gasteiger partial charge in [-0.3, -0.25) is 67.3 Å². The fourth-order valence-corrected chi connectivity index (χ4v) is 12.5. The van der Waals surface area contributed by atoms with Crippen LogP contribution in [0.2, 0.25) is 5.02 Å². The number of fused-ring (bicyclic) bond motifs is 1. The highest BCUT2D eigenvalue weighted by Crippen LogP contribution is 2.23. The van der Waals surface area contributed by atoms with Gasteiger partial charge in [0.25, 0.3) is 0 Å². The number of pyridine rings is 1. The van der Waals surface area contributed by atoms with Crippen LogP contribution >= 0.6 is 11.6 Å². The summed E-state index contributed by atoms with van der Waals surface area (Å²) in [6.07, 6.45) is 4.87. The molecule has 1 aromatic heterocycles. The van der Waals surface area contributed by atoms with Crippen LogP contribution < -0.4 is 69.5 Å². The minimum atomic E-state index is -1.85. The molecule has 29 nitrogen and oxygen atoms in total. The number of halogens is 1. The van der Waals surface area contributed by atoms with Crippen LogP contribution in [0.1, 0.15) is 108 Å². The monoisotopic (exact) mass is 1500 g/mol. The lowest BCUT2D eigenvalue weighted by atomic mass is 9.99. The standard InChI is InChI=1S/C78H98ClN15O14/c1-46(2)35-61(70(100)87-60(16-9-10-33-82-47(3)4)78(108)94-34-12-17-68(94)77(107)85-48(5)69(80)99)88-72(102)64(38-51-21-28-58(29-22-51)83-44-96)90-74(104)65(39-52-23-30-59(31-24-52)84-45-97)92-76(106)67(43-95)93-75(105)66(41-54-13-11-32-81-42-54)91-73(103)63(37-50-19-26-57(79)27-20-50)89-71(101)62(86-49(6)98)40-53-18-25-55-14-7-8-15-56(55)36-53/h7-8,11,13-15,18-32,36,42,44-48,60-68,82,95H,9-10,12,16-17,33-35,37-41,43H2,1-6H3,(H2,80,99)(H,83,96)(H,84,97)(H,85,107)(H,86,98)(H,87,100)(H,88,102)(H,89,101)(H,90,104)(H,91,103)(H,92,106)(H,93,105)/t48-,60+,61+,62-,63-,64-,65+,66-,67+,68+/m1/s1. The second-order valence-corrected chi connectivity index (χ2v) is 28.0. The van der Waals surface area contributed by atoms with E-state index < -0.39 is 132 Å². The lowest BCUT2D eigenvalue weighted by Gasteiger charge is -2.31. The van der Waals surface area contributed by atoms with E-state index in [-0.39, 0.29) is 69.9 Å². The normalized spacial score (nSPS) is 15.1. The first-order valence-electron chi connectivity index (χ1n) is 36.0. The predicted octanol–water partition coefficient (Wildman–Crippen LogP) is 2.62. The van der Waals surface area contributed by atoms with Gasteiger partial charge < -0.3 is 79.5 Å². The number of aliphatic hydroxyl groups is 1. The minimum Gasteiger partial charge on any atom is -0.394 e. The topological polar surface area (TPSA) is 429 Å². The highest BCUT2D eigenvalue weighted by molar-refractivity contribution is 6.30. The minimum absolute atomic E-state index is 0.0200. The highest BCUT2D eigenvalue weighted by atomic mass is 35.5. The van der Waals surface area contributed by atoms with Gasteiger partial charge in [0.15, 0.2) is 0 Å². The summed E-state index contributed by atoms with van der Waals surface area (Å²) < 4.78 is 0. The Morgan fingerprint density at radius 2 is 0.981 bits per heavy atom. The van der Waals surface area contributed by atoms with Crippen molar-refractivity contribution in [3.63, 3.8) is 0 Å². The maximum absolute atomic E-state index is 15.2. The molecule has 576 valence electrons. The summed E-state index contributed by atoms with van der Waals surface area (Å²) in [4.78, 5) is 185. The molecule has 1 aliphatic heterocycles. The van der Waals surface area contributed by atoms with Gasteiger partial charge in [-0.05, 0) is 139 Å². The molecule has 7 rings (SSSR count). The number of benzene rings is 5. The van der Waals surface area contributed by atoms with E-state index in [1.54, 1.807) is 72.8 Å². The SMILES string of the molecule is CC(=O)N[C@H](Cc1ccc2ccccc2c1)C(=O)N[C@H](Cc1ccc(Cl)cc1)C(=O)N[C@H](Cc1cccnc1)C(=O)N[C@@H](CO)C(=O)N[C@@H](Cc1ccc(NC=O)cc1)C(=O)N[C@H](Cc1ccc(NC=O)cc1)C(=O)N[C@@H](CC(C)C)C(=O)N[C@@H](CCCCNC(C)C)C(=O)N1CCC[C@H]1C(=O)N[C@H](C)C(N)=O. The van der Waals surface area contributed by atoms with Gasteiger partial charge >= 0.3 is 0 Å². The Labute approximate surface area is 632 Å². The first-order chi connectivity index (χ1) is 51.7. The van der Waals surface area contributed by atoms with Crippen LogP contribution in [0.4, 0.5) is 11.4 Å². The number of likely N-dealkylation sites (tertiary alicyclic amines) is 1. The summed E-state index contributed by atoms with van der Waals surface area (Å²) in [6, 6.07) is 21.8. The van der Waals surface area contributed by atoms with Gasteiger partial charge in [-0.25, -0.2) is 0 Å². The second kappa shape index (κ2) is 42.2. The smallest absolute Gasteiger partial charge is 0.245 e. The first-order valence-corrected chi connectivity index (χ1v) is 36.4. The highest BCUT2D eigenvalue weighted by Gasteiger charge is 2.40. The van der Waals surface area contributed by atoms with Crippen LogP contribution in [-0.4, -0.2) is 179 Å². The summed E-state index contributed by atoms with van der Waals surface area (Å²) in [5.74, 6) is -9.05. The number of nitrogens with zero attached hydrogens (tertiary/aromatic N) is 2.